The minimum absolute atomic E-state index is 0.222. The highest BCUT2D eigenvalue weighted by Crippen LogP contribution is 2.36. The Hall–Kier alpha value is -0.790. The zero-order valence-corrected chi connectivity index (χ0v) is 8.96. The number of nitrogens with zero attached hydrogens (tertiary/aromatic N) is 1. The molecule has 0 saturated carbocycles. The van der Waals surface area contributed by atoms with Crippen molar-refractivity contribution in [2.24, 2.45) is 0 Å². The van der Waals surface area contributed by atoms with E-state index in [1.54, 1.807) is 0 Å². The van der Waals surface area contributed by atoms with E-state index >= 15 is 0 Å². The number of carbonyl (C=O) groups excluding carboxylic acids is 1. The Labute approximate surface area is 86.0 Å². The molecule has 2 fully saturated rings. The topological polar surface area (TPSA) is 20.3 Å². The molecule has 2 unspecified atom stereocenters. The van der Waals surface area contributed by atoms with Crippen LogP contribution < -0.4 is 0 Å². The van der Waals surface area contributed by atoms with Crippen molar-refractivity contribution < 1.29 is 4.79 Å². The van der Waals surface area contributed by atoms with Crippen molar-refractivity contribution in [2.45, 2.75) is 57.5 Å². The average Bonchev–Trinajstić information content (AvgIpc) is 2.46. The first-order valence-electron chi connectivity index (χ1n) is 5.74. The predicted molar refractivity (Wildman–Crippen MR) is 56.9 cm³/mol. The van der Waals surface area contributed by atoms with E-state index in [4.69, 9.17) is 0 Å². The molecule has 2 aliphatic rings. The summed E-state index contributed by atoms with van der Waals surface area (Å²) in [5.41, 5.74) is 0.781. The van der Waals surface area contributed by atoms with Crippen molar-refractivity contribution in [1.82, 2.24) is 4.90 Å². The Kier molecular flexibility index (Phi) is 2.62. The van der Waals surface area contributed by atoms with Crippen LogP contribution in [0.25, 0.3) is 0 Å². The Morgan fingerprint density at radius 3 is 2.36 bits per heavy atom. The van der Waals surface area contributed by atoms with Crippen LogP contribution in [0, 0.1) is 0 Å². The van der Waals surface area contributed by atoms with Crippen molar-refractivity contribution in [3.05, 3.63) is 12.2 Å². The molecule has 2 rings (SSSR count). The second kappa shape index (κ2) is 3.76. The lowest BCUT2D eigenvalue weighted by Crippen LogP contribution is -2.44. The number of rotatable bonds is 2. The smallest absolute Gasteiger partial charge is 0.249 e. The van der Waals surface area contributed by atoms with Gasteiger partial charge in [-0.2, -0.15) is 0 Å². The standard InChI is InChI=1S/C12H19NO/c1-3-9(2)12(14)13-10-5-4-6-11(13)8-7-10/h10-11H,2-8H2,1H3. The van der Waals surface area contributed by atoms with E-state index in [-0.39, 0.29) is 5.91 Å². The fraction of sp³-hybridized carbons (Fsp3) is 0.750. The molecule has 0 radical (unpaired) electrons. The first-order valence-corrected chi connectivity index (χ1v) is 5.74. The zero-order chi connectivity index (χ0) is 10.1. The molecule has 2 heteroatoms. The van der Waals surface area contributed by atoms with Crippen molar-refractivity contribution >= 4 is 5.91 Å². The van der Waals surface area contributed by atoms with Gasteiger partial charge in [-0.15, -0.1) is 0 Å². The third-order valence-electron chi connectivity index (χ3n) is 3.66. The Morgan fingerprint density at radius 1 is 1.29 bits per heavy atom. The molecule has 0 aromatic rings. The second-order valence-electron chi connectivity index (χ2n) is 4.49. The summed E-state index contributed by atoms with van der Waals surface area (Å²) in [5.74, 6) is 0.222. The fourth-order valence-electron chi connectivity index (χ4n) is 2.78. The van der Waals surface area contributed by atoms with Crippen LogP contribution in [-0.2, 0) is 4.79 Å². The van der Waals surface area contributed by atoms with Crippen molar-refractivity contribution in [3.63, 3.8) is 0 Å². The van der Waals surface area contributed by atoms with Crippen molar-refractivity contribution in [1.29, 1.82) is 0 Å². The molecular weight excluding hydrogens is 174 g/mol. The number of piperidine rings is 1. The van der Waals surface area contributed by atoms with Crippen LogP contribution in [0.3, 0.4) is 0 Å². The summed E-state index contributed by atoms with van der Waals surface area (Å²) >= 11 is 0. The van der Waals surface area contributed by atoms with Crippen LogP contribution in [0.1, 0.15) is 45.4 Å². The van der Waals surface area contributed by atoms with E-state index in [0.29, 0.717) is 12.1 Å². The minimum atomic E-state index is 0.222. The maximum atomic E-state index is 12.0. The highest BCUT2D eigenvalue weighted by Gasteiger charge is 2.39. The highest BCUT2D eigenvalue weighted by molar-refractivity contribution is 5.93. The van der Waals surface area contributed by atoms with Gasteiger partial charge in [0.1, 0.15) is 0 Å². The number of hydrogen-bond donors (Lipinski definition) is 0. The Bertz CT molecular complexity index is 243. The molecule has 2 bridgehead atoms. The van der Waals surface area contributed by atoms with E-state index < -0.39 is 0 Å². The van der Waals surface area contributed by atoms with E-state index in [1.807, 2.05) is 6.92 Å². The van der Waals surface area contributed by atoms with Crippen LogP contribution >= 0.6 is 0 Å². The van der Waals surface area contributed by atoms with Gasteiger partial charge in [0, 0.05) is 17.7 Å². The van der Waals surface area contributed by atoms with E-state index in [2.05, 4.69) is 11.5 Å². The van der Waals surface area contributed by atoms with Gasteiger partial charge in [-0.1, -0.05) is 13.5 Å². The van der Waals surface area contributed by atoms with Gasteiger partial charge in [0.15, 0.2) is 0 Å². The van der Waals surface area contributed by atoms with Crippen molar-refractivity contribution in [3.8, 4) is 0 Å². The number of fused-ring (bicyclic) bond motifs is 2. The predicted octanol–water partition coefficient (Wildman–Crippen LogP) is 2.50. The Morgan fingerprint density at radius 2 is 1.86 bits per heavy atom. The van der Waals surface area contributed by atoms with Gasteiger partial charge >= 0.3 is 0 Å². The molecule has 0 spiro atoms. The summed E-state index contributed by atoms with van der Waals surface area (Å²) in [5, 5.41) is 0. The van der Waals surface area contributed by atoms with E-state index in [1.165, 1.54) is 32.1 Å². The lowest BCUT2D eigenvalue weighted by Gasteiger charge is -2.35. The molecule has 2 saturated heterocycles. The first-order chi connectivity index (χ1) is 6.74. The summed E-state index contributed by atoms with van der Waals surface area (Å²) in [6.45, 7) is 5.86. The maximum absolute atomic E-state index is 12.0. The first kappa shape index (κ1) is 9.75. The number of amides is 1. The van der Waals surface area contributed by atoms with Crippen LogP contribution in [0.4, 0.5) is 0 Å². The molecule has 0 aliphatic carbocycles. The van der Waals surface area contributed by atoms with Gasteiger partial charge in [-0.3, -0.25) is 4.79 Å². The maximum Gasteiger partial charge on any atom is 0.249 e. The zero-order valence-electron chi connectivity index (χ0n) is 8.96. The molecule has 2 nitrogen and oxygen atoms in total. The quantitative estimate of drug-likeness (QED) is 0.617. The molecule has 2 atom stereocenters. The number of hydrogen-bond acceptors (Lipinski definition) is 1. The van der Waals surface area contributed by atoms with Gasteiger partial charge in [0.05, 0.1) is 0 Å². The molecule has 1 amide bonds. The molecule has 2 heterocycles. The molecule has 0 aromatic carbocycles. The summed E-state index contributed by atoms with van der Waals surface area (Å²) in [4.78, 5) is 14.1. The van der Waals surface area contributed by atoms with Gasteiger partial charge in [0.2, 0.25) is 5.91 Å². The minimum Gasteiger partial charge on any atom is -0.333 e. The van der Waals surface area contributed by atoms with Crippen LogP contribution in [-0.4, -0.2) is 22.9 Å². The van der Waals surface area contributed by atoms with Gasteiger partial charge in [-0.25, -0.2) is 0 Å². The van der Waals surface area contributed by atoms with Crippen LogP contribution in [0.5, 0.6) is 0 Å². The van der Waals surface area contributed by atoms with Gasteiger partial charge in [0.25, 0.3) is 0 Å². The van der Waals surface area contributed by atoms with Crippen molar-refractivity contribution in [2.75, 3.05) is 0 Å². The molecule has 0 N–H and O–H groups in total. The SMILES string of the molecule is C=C(CC)C(=O)N1C2CCCC1CC2. The average molecular weight is 193 g/mol. The fourth-order valence-corrected chi connectivity index (χ4v) is 2.78. The molecule has 78 valence electrons. The van der Waals surface area contributed by atoms with Gasteiger partial charge in [-0.05, 0) is 38.5 Å². The summed E-state index contributed by atoms with van der Waals surface area (Å²) in [6, 6.07) is 1.06. The van der Waals surface area contributed by atoms with E-state index in [0.717, 1.165) is 12.0 Å². The lowest BCUT2D eigenvalue weighted by atomic mass is 10.0. The largest absolute Gasteiger partial charge is 0.333 e. The summed E-state index contributed by atoms with van der Waals surface area (Å²) in [7, 11) is 0. The molecule has 2 aliphatic heterocycles. The van der Waals surface area contributed by atoms with Crippen LogP contribution in [0.15, 0.2) is 12.2 Å². The third kappa shape index (κ3) is 1.47. The number of carbonyl (C=O) groups is 1. The third-order valence-corrected chi connectivity index (χ3v) is 3.66. The van der Waals surface area contributed by atoms with Gasteiger partial charge < -0.3 is 4.90 Å². The molecular formula is C12H19NO. The lowest BCUT2D eigenvalue weighted by molar-refractivity contribution is -0.131. The normalized spacial score (nSPS) is 30.5. The summed E-state index contributed by atoms with van der Waals surface area (Å²) < 4.78 is 0. The summed E-state index contributed by atoms with van der Waals surface area (Å²) in [6.07, 6.45) is 6.94. The molecule has 14 heavy (non-hydrogen) atoms. The van der Waals surface area contributed by atoms with E-state index in [9.17, 15) is 4.79 Å². The highest BCUT2D eigenvalue weighted by atomic mass is 16.2. The monoisotopic (exact) mass is 193 g/mol. The van der Waals surface area contributed by atoms with Crippen LogP contribution in [0.2, 0.25) is 0 Å². The Balaban J connectivity index is 2.10. The molecule has 0 aromatic heterocycles. The second-order valence-corrected chi connectivity index (χ2v) is 4.49.